The fraction of sp³-hybridized carbons (Fsp3) is 0.579. The highest BCUT2D eigenvalue weighted by molar-refractivity contribution is 7.89. The van der Waals surface area contributed by atoms with E-state index in [1.165, 1.54) is 23.4 Å². The zero-order valence-corrected chi connectivity index (χ0v) is 16.8. The van der Waals surface area contributed by atoms with E-state index in [1.54, 1.807) is 23.1 Å². The van der Waals surface area contributed by atoms with Crippen LogP contribution in [0.2, 0.25) is 0 Å². The Kier molecular flexibility index (Phi) is 6.69. The van der Waals surface area contributed by atoms with E-state index < -0.39 is 28.1 Å². The highest BCUT2D eigenvalue weighted by Gasteiger charge is 2.39. The van der Waals surface area contributed by atoms with Crippen molar-refractivity contribution in [3.8, 4) is 0 Å². The average Bonchev–Trinajstić information content (AvgIpc) is 2.74. The smallest absolute Gasteiger partial charge is 0.325 e. The third-order valence-corrected chi connectivity index (χ3v) is 6.96. The molecule has 2 atom stereocenters. The van der Waals surface area contributed by atoms with E-state index in [4.69, 9.17) is 9.47 Å². The predicted octanol–water partition coefficient (Wildman–Crippen LogP) is 1.02. The van der Waals surface area contributed by atoms with Crippen LogP contribution < -0.4 is 0 Å². The summed E-state index contributed by atoms with van der Waals surface area (Å²) in [6.07, 6.45) is 0.821. The third-order valence-electron chi connectivity index (χ3n) is 5.04. The van der Waals surface area contributed by atoms with Crippen molar-refractivity contribution in [2.24, 2.45) is 0 Å². The molecule has 2 aliphatic heterocycles. The molecule has 1 aromatic rings. The molecule has 28 heavy (non-hydrogen) atoms. The maximum atomic E-state index is 13.0. The first kappa shape index (κ1) is 20.8. The number of carbonyl (C=O) groups is 2. The molecule has 2 fully saturated rings. The lowest BCUT2D eigenvalue weighted by atomic mass is 10.1. The lowest BCUT2D eigenvalue weighted by Gasteiger charge is -2.34. The largest absolute Gasteiger partial charge is 0.451 e. The molecular weight excluding hydrogens is 384 g/mol. The first-order valence-corrected chi connectivity index (χ1v) is 11.0. The van der Waals surface area contributed by atoms with Crippen LogP contribution in [-0.4, -0.2) is 74.5 Å². The molecule has 1 amide bonds. The first-order valence-electron chi connectivity index (χ1n) is 9.55. The van der Waals surface area contributed by atoms with E-state index in [0.29, 0.717) is 39.1 Å². The lowest BCUT2D eigenvalue weighted by molar-refractivity contribution is -0.164. The normalized spacial score (nSPS) is 22.5. The van der Waals surface area contributed by atoms with Crippen molar-refractivity contribution in [2.75, 3.05) is 32.8 Å². The van der Waals surface area contributed by atoms with Crippen LogP contribution in [0, 0.1) is 0 Å². The monoisotopic (exact) mass is 410 g/mol. The number of amides is 1. The number of hydrogen-bond donors (Lipinski definition) is 0. The van der Waals surface area contributed by atoms with Gasteiger partial charge in [0, 0.05) is 19.6 Å². The number of ether oxygens (including phenoxy) is 2. The van der Waals surface area contributed by atoms with E-state index in [0.717, 1.165) is 6.42 Å². The molecule has 0 bridgehead atoms. The fourth-order valence-electron chi connectivity index (χ4n) is 3.50. The molecule has 0 spiro atoms. The van der Waals surface area contributed by atoms with Crippen molar-refractivity contribution in [1.29, 1.82) is 0 Å². The van der Waals surface area contributed by atoms with Crippen molar-refractivity contribution in [3.05, 3.63) is 30.3 Å². The minimum Gasteiger partial charge on any atom is -0.451 e. The molecule has 0 N–H and O–H groups in total. The van der Waals surface area contributed by atoms with E-state index >= 15 is 0 Å². The van der Waals surface area contributed by atoms with Gasteiger partial charge in [0.2, 0.25) is 10.0 Å². The molecule has 0 aliphatic carbocycles. The number of sulfonamides is 1. The van der Waals surface area contributed by atoms with Gasteiger partial charge >= 0.3 is 5.97 Å². The van der Waals surface area contributed by atoms with Gasteiger partial charge in [-0.3, -0.25) is 9.59 Å². The number of carbonyl (C=O) groups excluding carboxylic acids is 2. The number of rotatable bonds is 5. The summed E-state index contributed by atoms with van der Waals surface area (Å²) in [5.41, 5.74) is 0. The Morgan fingerprint density at radius 2 is 1.79 bits per heavy atom. The number of nitrogens with zero attached hydrogens (tertiary/aromatic N) is 2. The molecule has 8 nitrogen and oxygen atoms in total. The molecule has 0 saturated carbocycles. The van der Waals surface area contributed by atoms with Crippen LogP contribution in [-0.2, 0) is 29.1 Å². The van der Waals surface area contributed by atoms with Crippen LogP contribution in [0.15, 0.2) is 35.2 Å². The van der Waals surface area contributed by atoms with Gasteiger partial charge in [0.05, 0.1) is 18.1 Å². The number of benzene rings is 1. The minimum absolute atomic E-state index is 0.146. The molecule has 3 rings (SSSR count). The second kappa shape index (κ2) is 9.02. The van der Waals surface area contributed by atoms with Gasteiger partial charge in [0.1, 0.15) is 6.04 Å². The Morgan fingerprint density at radius 1 is 1.11 bits per heavy atom. The van der Waals surface area contributed by atoms with Crippen LogP contribution >= 0.6 is 0 Å². The Hall–Kier alpha value is -1.97. The van der Waals surface area contributed by atoms with Crippen molar-refractivity contribution in [3.63, 3.8) is 0 Å². The zero-order chi connectivity index (χ0) is 20.1. The molecular formula is C19H26N2O6S. The average molecular weight is 410 g/mol. The van der Waals surface area contributed by atoms with Crippen molar-refractivity contribution in [1.82, 2.24) is 9.21 Å². The van der Waals surface area contributed by atoms with Crippen molar-refractivity contribution < 1.29 is 27.5 Å². The molecule has 2 aliphatic rings. The standard InChI is InChI=1S/C19H26N2O6S/c1-15(18(22)20-11-13-26-14-12-20)27-19(23)17-9-5-6-10-21(17)28(24,25)16-7-3-2-4-8-16/h2-4,7-8,15,17H,5-6,9-14H2,1H3/t15-,17-/m0/s1. The number of hydrogen-bond acceptors (Lipinski definition) is 6. The van der Waals surface area contributed by atoms with Gasteiger partial charge in [-0.05, 0) is 38.3 Å². The highest BCUT2D eigenvalue weighted by Crippen LogP contribution is 2.26. The number of esters is 1. The maximum Gasteiger partial charge on any atom is 0.325 e. The molecule has 9 heteroatoms. The number of morpholine rings is 1. The van der Waals surface area contributed by atoms with Gasteiger partial charge in [-0.15, -0.1) is 0 Å². The van der Waals surface area contributed by atoms with Crippen LogP contribution in [0.25, 0.3) is 0 Å². The Morgan fingerprint density at radius 3 is 2.46 bits per heavy atom. The van der Waals surface area contributed by atoms with E-state index in [1.807, 2.05) is 0 Å². The highest BCUT2D eigenvalue weighted by atomic mass is 32.2. The van der Waals surface area contributed by atoms with Gasteiger partial charge in [-0.2, -0.15) is 4.31 Å². The van der Waals surface area contributed by atoms with Crippen molar-refractivity contribution >= 4 is 21.9 Å². The second-order valence-electron chi connectivity index (χ2n) is 6.96. The Balaban J connectivity index is 1.71. The Labute approximate surface area is 165 Å². The Bertz CT molecular complexity index is 792. The van der Waals surface area contributed by atoms with Crippen LogP contribution in [0.5, 0.6) is 0 Å². The molecule has 154 valence electrons. The zero-order valence-electron chi connectivity index (χ0n) is 16.0. The molecule has 0 radical (unpaired) electrons. The lowest BCUT2D eigenvalue weighted by Crippen LogP contribution is -2.51. The maximum absolute atomic E-state index is 13.0. The van der Waals surface area contributed by atoms with E-state index in [-0.39, 0.29) is 17.3 Å². The SMILES string of the molecule is C[C@H](OC(=O)[C@@H]1CCCCN1S(=O)(=O)c1ccccc1)C(=O)N1CCOCC1. The first-order chi connectivity index (χ1) is 13.4. The summed E-state index contributed by atoms with van der Waals surface area (Å²) in [5.74, 6) is -0.960. The summed E-state index contributed by atoms with van der Waals surface area (Å²) < 4.78 is 37.8. The van der Waals surface area contributed by atoms with E-state index in [9.17, 15) is 18.0 Å². The van der Waals surface area contributed by atoms with Crippen molar-refractivity contribution in [2.45, 2.75) is 43.2 Å². The summed E-state index contributed by atoms with van der Waals surface area (Å²) >= 11 is 0. The fourth-order valence-corrected chi connectivity index (χ4v) is 5.17. The predicted molar refractivity (Wildman–Crippen MR) is 101 cm³/mol. The second-order valence-corrected chi connectivity index (χ2v) is 8.85. The van der Waals surface area contributed by atoms with Gasteiger partial charge in [-0.1, -0.05) is 18.2 Å². The van der Waals surface area contributed by atoms with E-state index in [2.05, 4.69) is 0 Å². The summed E-state index contributed by atoms with van der Waals surface area (Å²) in [5, 5.41) is 0. The van der Waals surface area contributed by atoms with Crippen LogP contribution in [0.1, 0.15) is 26.2 Å². The quantitative estimate of drug-likeness (QED) is 0.673. The minimum atomic E-state index is -3.81. The third kappa shape index (κ3) is 4.53. The number of piperidine rings is 1. The summed E-state index contributed by atoms with van der Waals surface area (Å²) in [7, 11) is -3.81. The molecule has 0 unspecified atom stereocenters. The van der Waals surface area contributed by atoms with Gasteiger partial charge in [-0.25, -0.2) is 8.42 Å². The molecule has 2 heterocycles. The summed E-state index contributed by atoms with van der Waals surface area (Å²) in [4.78, 5) is 27.0. The van der Waals surface area contributed by atoms with Crippen LogP contribution in [0.4, 0.5) is 0 Å². The summed E-state index contributed by atoms with van der Waals surface area (Å²) in [6.45, 7) is 3.60. The molecule has 0 aromatic heterocycles. The topological polar surface area (TPSA) is 93.2 Å². The van der Waals surface area contributed by atoms with Gasteiger partial charge in [0.25, 0.3) is 5.91 Å². The molecule has 2 saturated heterocycles. The molecule has 1 aromatic carbocycles. The van der Waals surface area contributed by atoms with Gasteiger partial charge in [0.15, 0.2) is 6.10 Å². The van der Waals surface area contributed by atoms with Crippen LogP contribution in [0.3, 0.4) is 0 Å². The summed E-state index contributed by atoms with van der Waals surface area (Å²) in [6, 6.07) is 7.13. The van der Waals surface area contributed by atoms with Gasteiger partial charge < -0.3 is 14.4 Å².